The maximum atomic E-state index is 11.1. The Morgan fingerprint density at radius 3 is 2.89 bits per heavy atom. The van der Waals surface area contributed by atoms with Crippen LogP contribution in [-0.4, -0.2) is 21.0 Å². The number of benzene rings is 1. The largest absolute Gasteiger partial charge is 0.478 e. The molecule has 0 radical (unpaired) electrons. The summed E-state index contributed by atoms with van der Waals surface area (Å²) in [7, 11) is 0. The number of carboxylic acid groups (broad SMARTS) is 1. The standard InChI is InChI=1S/C13H7ClN2O3/c14-9-6-15-5-4-7(9)12-16-10-3-1-2-8(13(17)18)11(10)19-12/h1-6H,(H,17,18). The molecule has 94 valence electrons. The second-order valence-corrected chi connectivity index (χ2v) is 4.24. The number of carbonyl (C=O) groups is 1. The van der Waals surface area contributed by atoms with Crippen LogP contribution in [0.4, 0.5) is 0 Å². The summed E-state index contributed by atoms with van der Waals surface area (Å²) in [5, 5.41) is 9.49. The van der Waals surface area contributed by atoms with E-state index in [1.54, 1.807) is 24.4 Å². The molecular weight excluding hydrogens is 268 g/mol. The Morgan fingerprint density at radius 2 is 2.16 bits per heavy atom. The number of aromatic carboxylic acids is 1. The lowest BCUT2D eigenvalue weighted by molar-refractivity contribution is 0.0698. The summed E-state index contributed by atoms with van der Waals surface area (Å²) in [5.41, 5.74) is 1.35. The summed E-state index contributed by atoms with van der Waals surface area (Å²) in [4.78, 5) is 19.2. The Kier molecular flexibility index (Phi) is 2.68. The molecule has 0 spiro atoms. The Labute approximate surface area is 112 Å². The minimum Gasteiger partial charge on any atom is -0.478 e. The van der Waals surface area contributed by atoms with Gasteiger partial charge in [0.05, 0.1) is 10.6 Å². The van der Waals surface area contributed by atoms with E-state index in [0.29, 0.717) is 16.1 Å². The van der Waals surface area contributed by atoms with Gasteiger partial charge in [0, 0.05) is 12.4 Å². The van der Waals surface area contributed by atoms with E-state index in [0.717, 1.165) is 0 Å². The van der Waals surface area contributed by atoms with Crippen molar-refractivity contribution in [3.63, 3.8) is 0 Å². The number of aromatic nitrogens is 2. The van der Waals surface area contributed by atoms with Crippen LogP contribution in [0.5, 0.6) is 0 Å². The molecule has 2 heterocycles. The van der Waals surface area contributed by atoms with E-state index < -0.39 is 5.97 Å². The fourth-order valence-corrected chi connectivity index (χ4v) is 1.98. The number of fused-ring (bicyclic) bond motifs is 1. The van der Waals surface area contributed by atoms with E-state index in [2.05, 4.69) is 9.97 Å². The quantitative estimate of drug-likeness (QED) is 0.776. The number of para-hydroxylation sites is 1. The topological polar surface area (TPSA) is 76.2 Å². The lowest BCUT2D eigenvalue weighted by Crippen LogP contribution is -1.95. The van der Waals surface area contributed by atoms with E-state index in [-0.39, 0.29) is 17.0 Å². The highest BCUT2D eigenvalue weighted by Gasteiger charge is 2.16. The third-order valence-electron chi connectivity index (χ3n) is 2.65. The zero-order chi connectivity index (χ0) is 13.4. The van der Waals surface area contributed by atoms with Crippen molar-refractivity contribution in [1.82, 2.24) is 9.97 Å². The van der Waals surface area contributed by atoms with E-state index in [1.807, 2.05) is 0 Å². The molecule has 0 aliphatic carbocycles. The van der Waals surface area contributed by atoms with Gasteiger partial charge in [0.1, 0.15) is 11.1 Å². The molecule has 0 fully saturated rings. The van der Waals surface area contributed by atoms with Gasteiger partial charge < -0.3 is 9.52 Å². The molecule has 0 aliphatic rings. The SMILES string of the molecule is O=C(O)c1cccc2nc(-c3ccncc3Cl)oc12. The van der Waals surface area contributed by atoms with Crippen molar-refractivity contribution in [2.75, 3.05) is 0 Å². The van der Waals surface area contributed by atoms with Crippen molar-refractivity contribution in [1.29, 1.82) is 0 Å². The van der Waals surface area contributed by atoms with Gasteiger partial charge >= 0.3 is 5.97 Å². The molecule has 3 aromatic rings. The third kappa shape index (κ3) is 1.94. The second kappa shape index (κ2) is 4.37. The molecule has 0 amide bonds. The van der Waals surface area contributed by atoms with Gasteiger partial charge in [-0.1, -0.05) is 17.7 Å². The predicted molar refractivity (Wildman–Crippen MR) is 69.2 cm³/mol. The van der Waals surface area contributed by atoms with Crippen LogP contribution in [0.15, 0.2) is 41.1 Å². The lowest BCUT2D eigenvalue weighted by atomic mass is 10.2. The summed E-state index contributed by atoms with van der Waals surface area (Å²) in [6.45, 7) is 0. The molecule has 0 bridgehead atoms. The molecule has 0 aliphatic heterocycles. The monoisotopic (exact) mass is 274 g/mol. The Hall–Kier alpha value is -2.40. The number of hydrogen-bond acceptors (Lipinski definition) is 4. The normalized spacial score (nSPS) is 10.8. The average Bonchev–Trinajstić information content (AvgIpc) is 2.82. The summed E-state index contributed by atoms with van der Waals surface area (Å²) < 4.78 is 5.52. The minimum absolute atomic E-state index is 0.0708. The molecule has 0 unspecified atom stereocenters. The number of nitrogens with zero attached hydrogens (tertiary/aromatic N) is 2. The molecule has 0 atom stereocenters. The maximum Gasteiger partial charge on any atom is 0.339 e. The molecule has 0 saturated heterocycles. The maximum absolute atomic E-state index is 11.1. The smallest absolute Gasteiger partial charge is 0.339 e. The van der Waals surface area contributed by atoms with Crippen LogP contribution in [0.2, 0.25) is 5.02 Å². The first-order valence-electron chi connectivity index (χ1n) is 5.39. The number of pyridine rings is 1. The van der Waals surface area contributed by atoms with Crippen molar-refractivity contribution in [2.45, 2.75) is 0 Å². The van der Waals surface area contributed by atoms with Crippen molar-refractivity contribution < 1.29 is 14.3 Å². The van der Waals surface area contributed by atoms with Gasteiger partial charge in [-0.15, -0.1) is 0 Å². The third-order valence-corrected chi connectivity index (χ3v) is 2.95. The number of rotatable bonds is 2. The molecular formula is C13H7ClN2O3. The Balaban J connectivity index is 2.26. The Bertz CT molecular complexity index is 782. The molecule has 1 N–H and O–H groups in total. The molecule has 2 aromatic heterocycles. The highest BCUT2D eigenvalue weighted by atomic mass is 35.5. The summed E-state index contributed by atoms with van der Waals surface area (Å²) in [6, 6.07) is 6.43. The number of oxazole rings is 1. The van der Waals surface area contributed by atoms with Crippen LogP contribution < -0.4 is 0 Å². The van der Waals surface area contributed by atoms with Crippen molar-refractivity contribution in [3.05, 3.63) is 47.2 Å². The highest BCUT2D eigenvalue weighted by Crippen LogP contribution is 2.30. The van der Waals surface area contributed by atoms with Crippen LogP contribution in [0.1, 0.15) is 10.4 Å². The van der Waals surface area contributed by atoms with Gasteiger partial charge in [0.15, 0.2) is 5.58 Å². The van der Waals surface area contributed by atoms with Crippen LogP contribution in [0.3, 0.4) is 0 Å². The van der Waals surface area contributed by atoms with Crippen LogP contribution in [0.25, 0.3) is 22.6 Å². The summed E-state index contributed by atoms with van der Waals surface area (Å²) >= 11 is 6.01. The summed E-state index contributed by atoms with van der Waals surface area (Å²) in [5.74, 6) is -0.787. The average molecular weight is 275 g/mol. The van der Waals surface area contributed by atoms with E-state index in [1.165, 1.54) is 12.3 Å². The van der Waals surface area contributed by atoms with E-state index in [9.17, 15) is 4.79 Å². The lowest BCUT2D eigenvalue weighted by Gasteiger charge is -1.96. The van der Waals surface area contributed by atoms with Crippen molar-refractivity contribution >= 4 is 28.7 Å². The summed E-state index contributed by atoms with van der Waals surface area (Å²) in [6.07, 6.45) is 3.04. The predicted octanol–water partition coefficient (Wildman–Crippen LogP) is 3.24. The molecule has 5 nitrogen and oxygen atoms in total. The van der Waals surface area contributed by atoms with Gasteiger partial charge in [0.2, 0.25) is 5.89 Å². The zero-order valence-corrected chi connectivity index (χ0v) is 10.3. The number of hydrogen-bond donors (Lipinski definition) is 1. The Morgan fingerprint density at radius 1 is 1.32 bits per heavy atom. The van der Waals surface area contributed by atoms with Gasteiger partial charge in [-0.25, -0.2) is 9.78 Å². The first kappa shape index (κ1) is 11.7. The number of halogens is 1. The molecule has 19 heavy (non-hydrogen) atoms. The van der Waals surface area contributed by atoms with Crippen molar-refractivity contribution in [2.24, 2.45) is 0 Å². The van der Waals surface area contributed by atoms with E-state index >= 15 is 0 Å². The van der Waals surface area contributed by atoms with Gasteiger partial charge in [0.25, 0.3) is 0 Å². The fourth-order valence-electron chi connectivity index (χ4n) is 1.78. The molecule has 6 heteroatoms. The minimum atomic E-state index is -1.06. The van der Waals surface area contributed by atoms with Crippen LogP contribution in [-0.2, 0) is 0 Å². The molecule has 0 saturated carbocycles. The van der Waals surface area contributed by atoms with Crippen molar-refractivity contribution in [3.8, 4) is 11.5 Å². The molecule has 1 aromatic carbocycles. The first-order valence-corrected chi connectivity index (χ1v) is 5.77. The second-order valence-electron chi connectivity index (χ2n) is 3.83. The van der Waals surface area contributed by atoms with E-state index in [4.69, 9.17) is 21.1 Å². The van der Waals surface area contributed by atoms with Gasteiger partial charge in [-0.2, -0.15) is 0 Å². The van der Waals surface area contributed by atoms with Gasteiger partial charge in [-0.05, 0) is 18.2 Å². The molecule has 3 rings (SSSR count). The van der Waals surface area contributed by atoms with Crippen LogP contribution >= 0.6 is 11.6 Å². The zero-order valence-electron chi connectivity index (χ0n) is 9.50. The fraction of sp³-hybridized carbons (Fsp3) is 0. The van der Waals surface area contributed by atoms with Gasteiger partial charge in [-0.3, -0.25) is 4.98 Å². The highest BCUT2D eigenvalue weighted by molar-refractivity contribution is 6.33. The first-order chi connectivity index (χ1) is 9.16. The van der Waals surface area contributed by atoms with Crippen LogP contribution in [0, 0.1) is 0 Å². The number of carboxylic acids is 1.